The number of aliphatic hydroxyl groups excluding tert-OH is 3. The number of aryl methyl sites for hydroxylation is 1. The number of phosphoric ester groups is 2. The van der Waals surface area contributed by atoms with Crippen LogP contribution in [-0.4, -0.2) is 170 Å². The minimum atomic E-state index is -6.20. The van der Waals surface area contributed by atoms with Gasteiger partial charge >= 0.3 is 34.8 Å². The lowest BCUT2D eigenvalue weighted by atomic mass is 9.95. The second kappa shape index (κ2) is 22.0. The lowest BCUT2D eigenvalue weighted by Crippen LogP contribution is -2.45. The van der Waals surface area contributed by atoms with Crippen LogP contribution in [0.5, 0.6) is 0 Å². The average Bonchev–Trinajstić information content (AvgIpc) is 4.14. The maximum atomic E-state index is 14.2. The Kier molecular flexibility index (Phi) is 16.6. The summed E-state index contributed by atoms with van der Waals surface area (Å²) < 4.78 is 110. The van der Waals surface area contributed by atoms with Gasteiger partial charge in [-0.15, -0.1) is 0 Å². The number of phosphoric acid groups is 3. The molecule has 40 heteroatoms. The lowest BCUT2D eigenvalue weighted by molar-refractivity contribution is -0.745. The number of aromatic amines is 2. The molecule has 0 bridgehead atoms. The zero-order valence-corrected chi connectivity index (χ0v) is 42.9. The van der Waals surface area contributed by atoms with Crippen LogP contribution >= 0.6 is 31.1 Å². The van der Waals surface area contributed by atoms with E-state index in [1.807, 2.05) is 4.98 Å². The number of hydrogen-bond acceptors (Lipinski definition) is 27. The summed E-state index contributed by atoms with van der Waals surface area (Å²) in [6.45, 7) is -3.28. The van der Waals surface area contributed by atoms with E-state index in [-0.39, 0.29) is 47.1 Å². The molecule has 8 rings (SSSR count). The van der Waals surface area contributed by atoms with Crippen LogP contribution in [0.25, 0.3) is 22.3 Å². The van der Waals surface area contributed by atoms with Crippen LogP contribution in [0.2, 0.25) is 0 Å². The number of rotatable bonds is 22. The number of anilines is 2. The Labute approximate surface area is 419 Å². The predicted octanol–water partition coefficient (Wildman–Crippen LogP) is -3.69. The van der Waals surface area contributed by atoms with E-state index in [1.54, 1.807) is 0 Å². The normalized spacial score (nSPS) is 30.3. The highest BCUT2D eigenvalue weighted by Crippen LogP contribution is 2.68. The number of aliphatic hydroxyl groups is 3. The second-order valence-electron chi connectivity index (χ2n) is 16.9. The third-order valence-electron chi connectivity index (χ3n) is 12.2. The number of H-pyrrole nitrogens is 2. The number of nitrogens with one attached hydrogen (secondary N) is 3. The van der Waals surface area contributed by atoms with E-state index in [1.165, 1.54) is 47.6 Å². The molecule has 16 atom stereocenters. The number of methoxy groups -OCH3 is 2. The second-order valence-corrected chi connectivity index (χ2v) is 23.4. The SMILES string of the molecule is CNc1ncnc2c1ncn2[C@@H]1O[C@H](COP(=O)(O)OP(=O)(O)OP(=O)(O)OC[C@H]2O[C@@H]([n+]3cn(C)c4c(=O)[nH]c(N)nc43)[C@H](O)[C@@H]2CCOC)[C@@H](P(=O)([O-])OC[C@H]2O[C@@H](n3ccc(=O)[nH]c3=O)[C@H](O)[C@@H]2O)[C@H]1OC. The van der Waals surface area contributed by atoms with Gasteiger partial charge in [0.1, 0.15) is 50.0 Å². The zero-order valence-electron chi connectivity index (χ0n) is 39.3. The molecule has 0 spiro atoms. The molecule has 75 heavy (non-hydrogen) atoms. The Balaban J connectivity index is 0.966. The van der Waals surface area contributed by atoms with Gasteiger partial charge in [-0.05, 0) is 6.42 Å². The number of nitrogens with two attached hydrogens (primary N) is 1. The molecule has 0 radical (unpaired) electrons. The van der Waals surface area contributed by atoms with E-state index in [4.69, 9.17) is 43.0 Å². The summed E-state index contributed by atoms with van der Waals surface area (Å²) in [4.78, 5) is 104. The summed E-state index contributed by atoms with van der Waals surface area (Å²) >= 11 is 0. The largest absolute Gasteiger partial charge is 0.778 e. The van der Waals surface area contributed by atoms with Gasteiger partial charge < -0.3 is 78.7 Å². The summed E-state index contributed by atoms with van der Waals surface area (Å²) in [7, 11) is -18.1. The highest BCUT2D eigenvalue weighted by molar-refractivity contribution is 7.66. The summed E-state index contributed by atoms with van der Waals surface area (Å²) in [5, 5.41) is 35.7. The summed E-state index contributed by atoms with van der Waals surface area (Å²) in [5.74, 6) is -0.969. The maximum Gasteiger partial charge on any atom is 0.490 e. The molecule has 0 aliphatic carbocycles. The van der Waals surface area contributed by atoms with E-state index < -0.39 is 141 Å². The number of nitrogen functional groups attached to an aromatic ring is 1. The summed E-state index contributed by atoms with van der Waals surface area (Å²) in [5.41, 5.74) is 1.49. The minimum absolute atomic E-state index is 0.00875. The van der Waals surface area contributed by atoms with Crippen LogP contribution in [0.3, 0.4) is 0 Å². The fourth-order valence-corrected chi connectivity index (χ4v) is 14.1. The van der Waals surface area contributed by atoms with Gasteiger partial charge in [-0.25, -0.2) is 38.0 Å². The number of imidazole rings is 2. The first-order valence-electron chi connectivity index (χ1n) is 21.9. The topological polar surface area (TPSA) is 496 Å². The van der Waals surface area contributed by atoms with Gasteiger partial charge in [0.15, 0.2) is 30.2 Å². The molecule has 4 unspecified atom stereocenters. The third-order valence-corrected chi connectivity index (χ3v) is 18.3. The quantitative estimate of drug-likeness (QED) is 0.0236. The number of aromatic nitrogens is 10. The number of ether oxygens (including phenoxy) is 5. The Hall–Kier alpha value is -4.58. The van der Waals surface area contributed by atoms with E-state index in [2.05, 4.69) is 38.9 Å². The molecule has 0 amide bonds. The van der Waals surface area contributed by atoms with Crippen molar-refractivity contribution in [3.63, 3.8) is 0 Å². The summed E-state index contributed by atoms with van der Waals surface area (Å²) in [6, 6.07) is 0.923. The number of hydrogen-bond donors (Lipinski definition) is 10. The molecule has 3 aliphatic heterocycles. The molecule has 11 N–H and O–H groups in total. The van der Waals surface area contributed by atoms with Crippen LogP contribution in [-0.2, 0) is 71.2 Å². The number of fused-ring (bicyclic) bond motifs is 2. The van der Waals surface area contributed by atoms with E-state index in [0.29, 0.717) is 0 Å². The fraction of sp³-hybridized carbons (Fsp3) is 0.600. The third kappa shape index (κ3) is 11.8. The predicted molar refractivity (Wildman–Crippen MR) is 244 cm³/mol. The van der Waals surface area contributed by atoms with Gasteiger partial charge in [0, 0.05) is 46.1 Å². The zero-order chi connectivity index (χ0) is 54.5. The fourth-order valence-electron chi connectivity index (χ4n) is 8.84. The molecule has 5 aromatic heterocycles. The Morgan fingerprint density at radius 3 is 2.17 bits per heavy atom. The van der Waals surface area contributed by atoms with Crippen molar-refractivity contribution in [2.45, 2.75) is 73.5 Å². The highest BCUT2D eigenvalue weighted by atomic mass is 31.3. The van der Waals surface area contributed by atoms with E-state index in [9.17, 15) is 67.5 Å². The van der Waals surface area contributed by atoms with Gasteiger partial charge in [-0.2, -0.15) is 8.62 Å². The molecular weight excluding hydrogens is 1100 g/mol. The smallest absolute Gasteiger partial charge is 0.490 e. The van der Waals surface area contributed by atoms with Gasteiger partial charge in [-0.1, -0.05) is 4.98 Å². The Morgan fingerprint density at radius 2 is 1.52 bits per heavy atom. The summed E-state index contributed by atoms with van der Waals surface area (Å²) in [6.07, 6.45) is -11.5. The average molecular weight is 1150 g/mol. The van der Waals surface area contributed by atoms with Crippen LogP contribution in [0.1, 0.15) is 25.1 Å². The van der Waals surface area contributed by atoms with Crippen molar-refractivity contribution in [1.82, 2.24) is 43.6 Å². The molecule has 0 saturated carbocycles. The highest BCUT2D eigenvalue weighted by Gasteiger charge is 2.55. The van der Waals surface area contributed by atoms with Gasteiger partial charge in [0.05, 0.1) is 51.1 Å². The van der Waals surface area contributed by atoms with Crippen molar-refractivity contribution in [3.05, 3.63) is 62.4 Å². The van der Waals surface area contributed by atoms with Crippen molar-refractivity contribution < 1.29 is 104 Å². The monoisotopic (exact) mass is 1150 g/mol. The molecule has 3 saturated heterocycles. The molecule has 36 nitrogen and oxygen atoms in total. The van der Waals surface area contributed by atoms with Gasteiger partial charge in [-0.3, -0.25) is 42.3 Å². The van der Waals surface area contributed by atoms with E-state index in [0.717, 1.165) is 30.3 Å². The molecule has 0 aromatic carbocycles. The molecule has 414 valence electrons. The lowest BCUT2D eigenvalue weighted by Gasteiger charge is -2.35. The van der Waals surface area contributed by atoms with Crippen LogP contribution < -0.4 is 37.3 Å². The van der Waals surface area contributed by atoms with Crippen molar-refractivity contribution >= 4 is 65.2 Å². The van der Waals surface area contributed by atoms with Crippen LogP contribution in [0.15, 0.2) is 45.6 Å². The molecule has 5 aromatic rings. The Morgan fingerprint density at radius 1 is 0.853 bits per heavy atom. The standard InChI is InChI=1S/C35H50N12O24P4/c1-37-27-20-28(39-12-38-27)46(13-40-20)33-25(63-4)26(72(54,55)64-10-17-23(50)24(51)32(68-17)45-7-5-19(48)41-35(45)53)18(69-33)11-66-74(58,59)71-75(60,61)70-73(56,57)65-9-16-15(6-8-62-3)22(49)31(67-16)47-14-44(2)21-29(47)42-34(36)43-30(21)52/h5,7,12-18,22-26,31-33,49-51H,6,8-11H2,1-4H3,(H8-,36,37,38,39,41,42,43,48,52,53,54,55,56,57,58,59,60,61)/t15-,16-,17-,18-,22-,23-,24-,25-,26-,31-,32-,33-/m1/s1. The molecular formula is C35H50N12O24P4. The van der Waals surface area contributed by atoms with Gasteiger partial charge in [0.25, 0.3) is 17.1 Å². The van der Waals surface area contributed by atoms with Crippen molar-refractivity contribution in [1.29, 1.82) is 0 Å². The Bertz CT molecular complexity index is 3280. The molecule has 8 heterocycles. The van der Waals surface area contributed by atoms with Crippen LogP contribution in [0.4, 0.5) is 11.8 Å². The van der Waals surface area contributed by atoms with Gasteiger partial charge in [0.2, 0.25) is 11.7 Å². The van der Waals surface area contributed by atoms with Crippen molar-refractivity contribution in [2.75, 3.05) is 58.7 Å². The van der Waals surface area contributed by atoms with Crippen LogP contribution in [0, 0.1) is 5.92 Å². The first-order valence-corrected chi connectivity index (χ1v) is 28.0. The van der Waals surface area contributed by atoms with Crippen molar-refractivity contribution in [3.8, 4) is 0 Å². The van der Waals surface area contributed by atoms with E-state index >= 15 is 0 Å². The maximum absolute atomic E-state index is 14.2. The minimum Gasteiger partial charge on any atom is -0.778 e. The number of nitrogens with zero attached hydrogens (tertiary/aromatic N) is 8. The first-order chi connectivity index (χ1) is 35.3. The molecule has 3 aliphatic rings. The van der Waals surface area contributed by atoms with Crippen molar-refractivity contribution in [2.24, 2.45) is 13.0 Å². The first kappa shape index (κ1) is 56.6. The molecule has 3 fully saturated rings.